The van der Waals surface area contributed by atoms with Crippen molar-refractivity contribution in [2.45, 2.75) is 5.57 Å². The summed E-state index contributed by atoms with van der Waals surface area (Å²) in [4.78, 5) is 16.9. The largest absolute Gasteiger partial charge is 0.487 e. The standard InChI is InChI=1S/C19H15ClF2N6O2/c20-19(21,22)30-13-3-1-12(2-4-13)27-18(29)11-9-14(15(24)5-7-23)17(25-10-11)16-6-8-26-28-16/h1-10,23H,24H2,(H,26,28)(H,27,29)/b15-5-,23-7?. The summed E-state index contributed by atoms with van der Waals surface area (Å²) in [6.45, 7) is 0. The van der Waals surface area contributed by atoms with Gasteiger partial charge in [-0.05, 0) is 42.5 Å². The number of nitrogens with zero attached hydrogens (tertiary/aromatic N) is 2. The summed E-state index contributed by atoms with van der Waals surface area (Å²) in [5, 5.41) is 16.5. The van der Waals surface area contributed by atoms with Gasteiger partial charge in [-0.2, -0.15) is 5.10 Å². The molecule has 0 radical (unpaired) electrons. The molecular weight excluding hydrogens is 418 g/mol. The summed E-state index contributed by atoms with van der Waals surface area (Å²) in [5.41, 5.74) is 4.45. The number of pyridine rings is 1. The number of carbonyl (C=O) groups is 1. The van der Waals surface area contributed by atoms with Crippen LogP contribution in [0.2, 0.25) is 0 Å². The number of anilines is 1. The maximum absolute atomic E-state index is 12.7. The van der Waals surface area contributed by atoms with Crippen molar-refractivity contribution in [1.29, 1.82) is 5.41 Å². The van der Waals surface area contributed by atoms with Gasteiger partial charge in [0.05, 0.1) is 17.0 Å². The molecule has 8 nitrogen and oxygen atoms in total. The second-order valence-corrected chi connectivity index (χ2v) is 6.35. The zero-order valence-electron chi connectivity index (χ0n) is 15.2. The average Bonchev–Trinajstić information content (AvgIpc) is 3.22. The van der Waals surface area contributed by atoms with Crippen LogP contribution in [0.4, 0.5) is 14.5 Å². The fraction of sp³-hybridized carbons (Fsp3) is 0.0526. The van der Waals surface area contributed by atoms with Crippen molar-refractivity contribution in [1.82, 2.24) is 15.2 Å². The maximum Gasteiger partial charge on any atom is 0.487 e. The van der Waals surface area contributed by atoms with Gasteiger partial charge in [0.25, 0.3) is 5.91 Å². The molecule has 3 rings (SSSR count). The first-order chi connectivity index (χ1) is 14.3. The first-order valence-electron chi connectivity index (χ1n) is 8.40. The minimum absolute atomic E-state index is 0.162. The molecule has 154 valence electrons. The molecule has 0 spiro atoms. The molecule has 0 aliphatic rings. The van der Waals surface area contributed by atoms with Gasteiger partial charge in [0.1, 0.15) is 5.75 Å². The van der Waals surface area contributed by atoms with Crippen molar-refractivity contribution in [3.05, 3.63) is 66.0 Å². The number of aromatic nitrogens is 3. The van der Waals surface area contributed by atoms with Gasteiger partial charge >= 0.3 is 5.57 Å². The van der Waals surface area contributed by atoms with Gasteiger partial charge in [0.15, 0.2) is 0 Å². The molecule has 0 saturated carbocycles. The van der Waals surface area contributed by atoms with Gasteiger partial charge in [-0.3, -0.25) is 14.9 Å². The fourth-order valence-corrected chi connectivity index (χ4v) is 2.62. The van der Waals surface area contributed by atoms with Crippen LogP contribution in [0.1, 0.15) is 15.9 Å². The number of alkyl halides is 3. The van der Waals surface area contributed by atoms with Crippen LogP contribution >= 0.6 is 11.6 Å². The molecule has 5 N–H and O–H groups in total. The molecule has 1 aromatic carbocycles. The minimum atomic E-state index is -3.83. The van der Waals surface area contributed by atoms with E-state index in [9.17, 15) is 13.6 Å². The molecule has 0 unspecified atom stereocenters. The van der Waals surface area contributed by atoms with Crippen LogP contribution < -0.4 is 15.8 Å². The Morgan fingerprint density at radius 1 is 1.30 bits per heavy atom. The predicted molar refractivity (Wildman–Crippen MR) is 109 cm³/mol. The quantitative estimate of drug-likeness (QED) is 0.333. The summed E-state index contributed by atoms with van der Waals surface area (Å²) >= 11 is 4.72. The number of benzene rings is 1. The fourth-order valence-electron chi connectivity index (χ4n) is 2.53. The van der Waals surface area contributed by atoms with Gasteiger partial charge in [0.2, 0.25) is 0 Å². The highest BCUT2D eigenvalue weighted by Gasteiger charge is 2.27. The number of halogens is 3. The number of H-pyrrole nitrogens is 1. The van der Waals surface area contributed by atoms with Gasteiger partial charge < -0.3 is 21.2 Å². The third kappa shape index (κ3) is 5.17. The number of aromatic amines is 1. The molecule has 0 atom stereocenters. The molecule has 0 saturated heterocycles. The van der Waals surface area contributed by atoms with Gasteiger partial charge in [-0.15, -0.1) is 8.78 Å². The number of hydrogen-bond donors (Lipinski definition) is 4. The summed E-state index contributed by atoms with van der Waals surface area (Å²) in [6.07, 6.45) is 5.29. The van der Waals surface area contributed by atoms with E-state index in [2.05, 4.69) is 25.2 Å². The molecule has 0 aliphatic carbocycles. The highest BCUT2D eigenvalue weighted by atomic mass is 35.5. The Morgan fingerprint density at radius 2 is 2.03 bits per heavy atom. The van der Waals surface area contributed by atoms with Crippen LogP contribution in [0.15, 0.2) is 54.9 Å². The Hall–Kier alpha value is -3.79. The van der Waals surface area contributed by atoms with E-state index in [-0.39, 0.29) is 17.0 Å². The number of allylic oxidation sites excluding steroid dienone is 1. The Morgan fingerprint density at radius 3 is 2.63 bits per heavy atom. The predicted octanol–water partition coefficient (Wildman–Crippen LogP) is 3.84. The monoisotopic (exact) mass is 432 g/mol. The Balaban J connectivity index is 1.85. The van der Waals surface area contributed by atoms with Crippen LogP contribution in [-0.4, -0.2) is 32.9 Å². The Labute approximate surface area is 174 Å². The van der Waals surface area contributed by atoms with Crippen molar-refractivity contribution in [2.24, 2.45) is 5.73 Å². The van der Waals surface area contributed by atoms with E-state index in [1.165, 1.54) is 42.6 Å². The lowest BCUT2D eigenvalue weighted by Gasteiger charge is -2.12. The SMILES string of the molecule is N=C/C=C(\N)c1cc(C(=O)Nc2ccc(OC(F)(F)Cl)cc2)cnc1-c1ccn[nH]1. The smallest absolute Gasteiger partial charge is 0.420 e. The van der Waals surface area contributed by atoms with E-state index in [0.29, 0.717) is 22.6 Å². The maximum atomic E-state index is 12.7. The lowest BCUT2D eigenvalue weighted by atomic mass is 10.0. The molecule has 1 amide bonds. The third-order valence-corrected chi connectivity index (χ3v) is 3.90. The van der Waals surface area contributed by atoms with E-state index >= 15 is 0 Å². The number of nitrogens with two attached hydrogens (primary N) is 1. The first-order valence-corrected chi connectivity index (χ1v) is 8.78. The van der Waals surface area contributed by atoms with Crippen LogP contribution in [0.25, 0.3) is 17.1 Å². The highest BCUT2D eigenvalue weighted by molar-refractivity contribution is 6.20. The lowest BCUT2D eigenvalue weighted by Crippen LogP contribution is -2.16. The number of hydrogen-bond acceptors (Lipinski definition) is 6. The van der Waals surface area contributed by atoms with E-state index in [0.717, 1.165) is 6.21 Å². The molecule has 2 heterocycles. The van der Waals surface area contributed by atoms with Crippen molar-refractivity contribution < 1.29 is 18.3 Å². The van der Waals surface area contributed by atoms with Crippen molar-refractivity contribution in [3.63, 3.8) is 0 Å². The topological polar surface area (TPSA) is 130 Å². The van der Waals surface area contributed by atoms with E-state index in [4.69, 9.17) is 22.7 Å². The molecular formula is C19H15ClF2N6O2. The molecule has 2 aromatic heterocycles. The third-order valence-electron chi connectivity index (χ3n) is 3.83. The zero-order valence-corrected chi connectivity index (χ0v) is 16.0. The van der Waals surface area contributed by atoms with Gasteiger partial charge in [-0.25, -0.2) is 0 Å². The minimum Gasteiger partial charge on any atom is -0.420 e. The normalized spacial score (nSPS) is 11.8. The number of rotatable bonds is 7. The van der Waals surface area contributed by atoms with E-state index in [1.54, 1.807) is 12.3 Å². The summed E-state index contributed by atoms with van der Waals surface area (Å²) in [5.74, 6) is -0.663. The summed E-state index contributed by atoms with van der Waals surface area (Å²) < 4.78 is 29.6. The highest BCUT2D eigenvalue weighted by Crippen LogP contribution is 2.27. The zero-order chi connectivity index (χ0) is 21.7. The number of nitrogens with one attached hydrogen (secondary N) is 3. The van der Waals surface area contributed by atoms with E-state index < -0.39 is 11.5 Å². The number of carbonyl (C=O) groups excluding carboxylic acids is 1. The first kappa shape index (κ1) is 20.9. The molecule has 0 fully saturated rings. The van der Waals surface area contributed by atoms with Crippen LogP contribution in [0, 0.1) is 5.41 Å². The average molecular weight is 433 g/mol. The van der Waals surface area contributed by atoms with Gasteiger partial charge in [-0.1, -0.05) is 0 Å². The number of amides is 1. The van der Waals surface area contributed by atoms with Crippen molar-refractivity contribution in [2.75, 3.05) is 5.32 Å². The van der Waals surface area contributed by atoms with Crippen molar-refractivity contribution >= 4 is 35.1 Å². The molecule has 11 heteroatoms. The van der Waals surface area contributed by atoms with E-state index in [1.807, 2.05) is 0 Å². The van der Waals surface area contributed by atoms with Gasteiger partial charge in [0, 0.05) is 47.2 Å². The Bertz CT molecular complexity index is 1080. The molecule has 0 aliphatic heterocycles. The second kappa shape index (κ2) is 8.70. The molecule has 30 heavy (non-hydrogen) atoms. The lowest BCUT2D eigenvalue weighted by molar-refractivity contribution is -0.0964. The molecule has 3 aromatic rings. The Kier molecular flexibility index (Phi) is 6.07. The van der Waals surface area contributed by atoms with Crippen molar-refractivity contribution in [3.8, 4) is 17.1 Å². The second-order valence-electron chi connectivity index (χ2n) is 5.91. The van der Waals surface area contributed by atoms with Crippen LogP contribution in [-0.2, 0) is 0 Å². The number of ether oxygens (including phenoxy) is 1. The molecule has 0 bridgehead atoms. The van der Waals surface area contributed by atoms with Crippen LogP contribution in [0.3, 0.4) is 0 Å². The summed E-state index contributed by atoms with van der Waals surface area (Å²) in [6, 6.07) is 8.46. The van der Waals surface area contributed by atoms with Crippen LogP contribution in [0.5, 0.6) is 5.75 Å². The summed E-state index contributed by atoms with van der Waals surface area (Å²) in [7, 11) is 0.